The van der Waals surface area contributed by atoms with Gasteiger partial charge in [-0.15, -0.1) is 0 Å². The fraction of sp³-hybridized carbons (Fsp3) is 0.700. The third kappa shape index (κ3) is 38.3. The molecule has 0 saturated heterocycles. The van der Waals surface area contributed by atoms with E-state index in [1.165, 1.54) is 64.2 Å². The number of nitrogens with zero attached hydrogens (tertiary/aromatic N) is 1. The summed E-state index contributed by atoms with van der Waals surface area (Å²) in [6.45, 7) is 4.60. The van der Waals surface area contributed by atoms with Crippen LogP contribution in [0.25, 0.3) is 0 Å². The number of hydrogen-bond donors (Lipinski definition) is 1. The summed E-state index contributed by atoms with van der Waals surface area (Å²) in [6, 6.07) is -0.629. The number of carbonyl (C=O) groups is 3. The molecule has 0 bridgehead atoms. The summed E-state index contributed by atoms with van der Waals surface area (Å²) in [7, 11) is 5.50. The van der Waals surface area contributed by atoms with Crippen molar-refractivity contribution in [3.05, 3.63) is 72.9 Å². The van der Waals surface area contributed by atoms with Gasteiger partial charge < -0.3 is 23.8 Å². The first-order chi connectivity index (χ1) is 28.1. The van der Waals surface area contributed by atoms with Crippen molar-refractivity contribution in [2.24, 2.45) is 0 Å². The molecular formula is C50H86NO7+. The van der Waals surface area contributed by atoms with Crippen molar-refractivity contribution in [1.82, 2.24) is 0 Å². The van der Waals surface area contributed by atoms with Gasteiger partial charge >= 0.3 is 17.9 Å². The average Bonchev–Trinajstić information content (AvgIpc) is 3.18. The number of hydrogen-bond acceptors (Lipinski definition) is 6. The predicted molar refractivity (Wildman–Crippen MR) is 243 cm³/mol. The first-order valence-electron chi connectivity index (χ1n) is 23.0. The molecule has 0 aliphatic heterocycles. The van der Waals surface area contributed by atoms with Crippen LogP contribution in [0.2, 0.25) is 0 Å². The zero-order chi connectivity index (χ0) is 42.8. The lowest BCUT2D eigenvalue weighted by Crippen LogP contribution is -2.50. The minimum atomic E-state index is -0.888. The molecule has 0 saturated carbocycles. The first-order valence-corrected chi connectivity index (χ1v) is 23.0. The zero-order valence-electron chi connectivity index (χ0n) is 37.7. The highest BCUT2D eigenvalue weighted by atomic mass is 16.6. The van der Waals surface area contributed by atoms with Crippen LogP contribution in [-0.4, -0.2) is 80.6 Å². The number of likely N-dealkylation sites (N-methyl/N-ethyl adjacent to an activating group) is 1. The van der Waals surface area contributed by atoms with Crippen LogP contribution < -0.4 is 0 Å². The highest BCUT2D eigenvalue weighted by molar-refractivity contribution is 5.72. The van der Waals surface area contributed by atoms with E-state index in [2.05, 4.69) is 80.7 Å². The molecule has 0 aromatic rings. The Kier molecular flexibility index (Phi) is 38.3. The number of rotatable bonds is 40. The number of carboxylic acid groups (broad SMARTS) is 1. The van der Waals surface area contributed by atoms with E-state index >= 15 is 0 Å². The van der Waals surface area contributed by atoms with Crippen molar-refractivity contribution in [1.29, 1.82) is 0 Å². The van der Waals surface area contributed by atoms with E-state index in [0.29, 0.717) is 19.3 Å². The number of quaternary nitrogens is 1. The highest BCUT2D eigenvalue weighted by Crippen LogP contribution is 2.12. The molecule has 0 rings (SSSR count). The van der Waals surface area contributed by atoms with Crippen molar-refractivity contribution >= 4 is 17.9 Å². The Hall–Kier alpha value is -3.23. The van der Waals surface area contributed by atoms with E-state index in [-0.39, 0.29) is 42.7 Å². The lowest BCUT2D eigenvalue weighted by atomic mass is 10.1. The lowest BCUT2D eigenvalue weighted by molar-refractivity contribution is -0.887. The smallest absolute Gasteiger partial charge is 0.362 e. The predicted octanol–water partition coefficient (Wildman–Crippen LogP) is 12.7. The van der Waals surface area contributed by atoms with E-state index in [1.54, 1.807) is 0 Å². The minimum Gasteiger partial charge on any atom is -0.477 e. The Morgan fingerprint density at radius 2 is 0.948 bits per heavy atom. The Labute approximate surface area is 355 Å². The van der Waals surface area contributed by atoms with Gasteiger partial charge in [-0.1, -0.05) is 151 Å². The van der Waals surface area contributed by atoms with E-state index < -0.39 is 18.1 Å². The molecule has 0 aliphatic carbocycles. The van der Waals surface area contributed by atoms with Crippen LogP contribution in [0.5, 0.6) is 0 Å². The summed E-state index contributed by atoms with van der Waals surface area (Å²) in [4.78, 5) is 36.9. The van der Waals surface area contributed by atoms with Crippen LogP contribution in [0.1, 0.15) is 174 Å². The second kappa shape index (κ2) is 40.5. The zero-order valence-corrected chi connectivity index (χ0v) is 37.7. The second-order valence-electron chi connectivity index (χ2n) is 16.3. The van der Waals surface area contributed by atoms with Gasteiger partial charge in [-0.25, -0.2) is 4.79 Å². The molecule has 8 nitrogen and oxygen atoms in total. The standard InChI is InChI=1S/C50H85NO7/c1-6-8-10-12-14-16-18-20-21-22-23-24-25-26-27-29-30-32-34-36-38-40-48(52)57-45-46(44-56-43-42-47(50(54)55)51(3,4)5)58-49(53)41-39-37-35-33-31-28-19-17-15-13-11-9-7-2/h14,16,20-21,23-24,26-28,31,35,37,46-47H,6-13,15,17-19,22,25,29-30,32-34,36,38-45H2,1-5H3/p+1/b16-14+,21-20+,24-23+,27-26+,31-28+,37-35+. The quantitative estimate of drug-likeness (QED) is 0.0285. The Bertz CT molecular complexity index is 1180. The molecular weight excluding hydrogens is 727 g/mol. The molecule has 1 N–H and O–H groups in total. The first kappa shape index (κ1) is 54.8. The Morgan fingerprint density at radius 1 is 0.517 bits per heavy atom. The highest BCUT2D eigenvalue weighted by Gasteiger charge is 2.31. The molecule has 2 atom stereocenters. The maximum atomic E-state index is 12.7. The molecule has 0 heterocycles. The van der Waals surface area contributed by atoms with Gasteiger partial charge in [0.05, 0.1) is 34.4 Å². The van der Waals surface area contributed by atoms with Crippen molar-refractivity contribution in [3.8, 4) is 0 Å². The van der Waals surface area contributed by atoms with Crippen molar-refractivity contribution < 1.29 is 38.2 Å². The number of esters is 2. The number of allylic oxidation sites excluding steroid dienone is 12. The third-order valence-corrected chi connectivity index (χ3v) is 9.84. The largest absolute Gasteiger partial charge is 0.477 e. The molecule has 0 spiro atoms. The van der Waals surface area contributed by atoms with Gasteiger partial charge in [0.1, 0.15) is 6.61 Å². The van der Waals surface area contributed by atoms with Gasteiger partial charge in [-0.3, -0.25) is 9.59 Å². The molecule has 0 amide bonds. The fourth-order valence-corrected chi connectivity index (χ4v) is 6.24. The van der Waals surface area contributed by atoms with Crippen LogP contribution in [-0.2, 0) is 28.6 Å². The molecule has 0 radical (unpaired) electrons. The Morgan fingerprint density at radius 3 is 1.45 bits per heavy atom. The van der Waals surface area contributed by atoms with Crippen LogP contribution in [0.15, 0.2) is 72.9 Å². The van der Waals surface area contributed by atoms with Gasteiger partial charge in [0.15, 0.2) is 12.1 Å². The summed E-state index contributed by atoms with van der Waals surface area (Å²) in [5.41, 5.74) is 0. The molecule has 0 aliphatic rings. The summed E-state index contributed by atoms with van der Waals surface area (Å²) >= 11 is 0. The maximum Gasteiger partial charge on any atom is 0.362 e. The van der Waals surface area contributed by atoms with Crippen LogP contribution >= 0.6 is 0 Å². The number of carbonyl (C=O) groups excluding carboxylic acids is 2. The molecule has 8 heteroatoms. The number of ether oxygens (including phenoxy) is 3. The van der Waals surface area contributed by atoms with Gasteiger partial charge in [-0.2, -0.15) is 0 Å². The van der Waals surface area contributed by atoms with Crippen molar-refractivity contribution in [3.63, 3.8) is 0 Å². The summed E-state index contributed by atoms with van der Waals surface area (Å²) in [6.07, 6.45) is 51.0. The topological polar surface area (TPSA) is 99.1 Å². The van der Waals surface area contributed by atoms with Crippen LogP contribution in [0.3, 0.4) is 0 Å². The van der Waals surface area contributed by atoms with Crippen molar-refractivity contribution in [2.75, 3.05) is 41.0 Å². The van der Waals surface area contributed by atoms with E-state index in [0.717, 1.165) is 70.6 Å². The van der Waals surface area contributed by atoms with Gasteiger partial charge in [0.25, 0.3) is 0 Å². The average molecular weight is 813 g/mol. The van der Waals surface area contributed by atoms with E-state index in [4.69, 9.17) is 14.2 Å². The summed E-state index contributed by atoms with van der Waals surface area (Å²) < 4.78 is 17.2. The number of unbranched alkanes of at least 4 members (excludes halogenated alkanes) is 14. The lowest BCUT2D eigenvalue weighted by Gasteiger charge is -2.31. The number of aliphatic carboxylic acids is 1. The monoisotopic (exact) mass is 813 g/mol. The fourth-order valence-electron chi connectivity index (χ4n) is 6.24. The number of carboxylic acids is 1. The van der Waals surface area contributed by atoms with Gasteiger partial charge in [-0.05, 0) is 77.0 Å². The summed E-state index contributed by atoms with van der Waals surface area (Å²) in [5.74, 6) is -1.58. The normalized spacial score (nSPS) is 13.6. The second-order valence-corrected chi connectivity index (χ2v) is 16.3. The molecule has 0 aromatic heterocycles. The molecule has 2 unspecified atom stereocenters. The van der Waals surface area contributed by atoms with Crippen molar-refractivity contribution in [2.45, 2.75) is 187 Å². The van der Waals surface area contributed by atoms with Gasteiger partial charge in [0, 0.05) is 19.3 Å². The Balaban J connectivity index is 4.40. The molecule has 0 fully saturated rings. The van der Waals surface area contributed by atoms with Crippen LogP contribution in [0, 0.1) is 0 Å². The summed E-state index contributed by atoms with van der Waals surface area (Å²) in [5, 5.41) is 9.62. The third-order valence-electron chi connectivity index (χ3n) is 9.84. The van der Waals surface area contributed by atoms with E-state index in [1.807, 2.05) is 27.2 Å². The molecule has 0 aromatic carbocycles. The van der Waals surface area contributed by atoms with Gasteiger partial charge in [0.2, 0.25) is 0 Å². The molecule has 332 valence electrons. The van der Waals surface area contributed by atoms with Crippen LogP contribution in [0.4, 0.5) is 0 Å². The minimum absolute atomic E-state index is 0.0289. The molecule has 58 heavy (non-hydrogen) atoms. The SMILES string of the molecule is CCCCC/C=C/C/C=C/C/C=C/C/C=C/CCCCCCCC(=O)OCC(COCCC(C(=O)O)[N+](C)(C)C)OC(=O)CC/C=C/C/C=C/CCCCCCCC. The maximum absolute atomic E-state index is 12.7. The van der Waals surface area contributed by atoms with E-state index in [9.17, 15) is 19.5 Å².